The Kier molecular flexibility index (Phi) is 5.66. The number of furan rings is 1. The van der Waals surface area contributed by atoms with Gasteiger partial charge in [0.05, 0.1) is 11.3 Å². The molecule has 0 saturated carbocycles. The first-order chi connectivity index (χ1) is 14.9. The van der Waals surface area contributed by atoms with Crippen molar-refractivity contribution >= 4 is 23.2 Å². The molecular weight excluding hydrogens is 392 g/mol. The number of amides is 2. The predicted molar refractivity (Wildman–Crippen MR) is 118 cm³/mol. The van der Waals surface area contributed by atoms with Crippen LogP contribution in [0.5, 0.6) is 0 Å². The van der Waals surface area contributed by atoms with Crippen LogP contribution in [0.2, 0.25) is 0 Å². The minimum absolute atomic E-state index is 0.277. The fourth-order valence-electron chi connectivity index (χ4n) is 3.73. The average Bonchev–Trinajstić information content (AvgIpc) is 3.12. The zero-order valence-corrected chi connectivity index (χ0v) is 17.8. The lowest BCUT2D eigenvalue weighted by Crippen LogP contribution is -2.22. The van der Waals surface area contributed by atoms with E-state index in [1.165, 1.54) is 6.20 Å². The Morgan fingerprint density at radius 3 is 2.71 bits per heavy atom. The van der Waals surface area contributed by atoms with E-state index in [0.29, 0.717) is 17.7 Å². The summed E-state index contributed by atoms with van der Waals surface area (Å²) in [6, 6.07) is 9.28. The van der Waals surface area contributed by atoms with Crippen LogP contribution in [0.25, 0.3) is 0 Å². The Labute approximate surface area is 180 Å². The lowest BCUT2D eigenvalue weighted by atomic mass is 9.93. The number of aromatic nitrogens is 1. The summed E-state index contributed by atoms with van der Waals surface area (Å²) in [7, 11) is 0. The molecule has 0 fully saturated rings. The predicted octanol–water partition coefficient (Wildman–Crippen LogP) is 4.32. The maximum atomic E-state index is 13.0. The van der Waals surface area contributed by atoms with E-state index in [4.69, 9.17) is 4.42 Å². The first-order valence-corrected chi connectivity index (χ1v) is 10.2. The van der Waals surface area contributed by atoms with Gasteiger partial charge >= 0.3 is 0 Å². The molecule has 4 rings (SSSR count). The summed E-state index contributed by atoms with van der Waals surface area (Å²) in [6.07, 6.45) is 5.34. The number of pyridine rings is 1. The first kappa shape index (κ1) is 20.5. The summed E-state index contributed by atoms with van der Waals surface area (Å²) in [4.78, 5) is 29.2. The van der Waals surface area contributed by atoms with Gasteiger partial charge in [-0.3, -0.25) is 14.6 Å². The van der Waals surface area contributed by atoms with Crippen LogP contribution >= 0.6 is 0 Å². The van der Waals surface area contributed by atoms with Gasteiger partial charge in [-0.1, -0.05) is 12.1 Å². The van der Waals surface area contributed by atoms with Crippen LogP contribution in [0.1, 0.15) is 61.8 Å². The number of anilines is 1. The molecule has 0 atom stereocenters. The molecule has 1 aliphatic rings. The Bertz CT molecular complexity index is 1180. The second kappa shape index (κ2) is 8.55. The molecular formula is C24H24N4O3. The van der Waals surface area contributed by atoms with Crippen LogP contribution in [0, 0.1) is 20.8 Å². The van der Waals surface area contributed by atoms with Crippen molar-refractivity contribution in [1.29, 1.82) is 0 Å². The van der Waals surface area contributed by atoms with E-state index in [9.17, 15) is 9.59 Å². The Morgan fingerprint density at radius 2 is 1.94 bits per heavy atom. The van der Waals surface area contributed by atoms with Crippen LogP contribution in [0.4, 0.5) is 5.69 Å². The molecule has 31 heavy (non-hydrogen) atoms. The van der Waals surface area contributed by atoms with Gasteiger partial charge in [-0.05, 0) is 62.9 Å². The number of aryl methyl sites for hydroxylation is 3. The second-order valence-corrected chi connectivity index (χ2v) is 7.72. The van der Waals surface area contributed by atoms with Crippen molar-refractivity contribution in [1.82, 2.24) is 10.4 Å². The number of carbonyl (C=O) groups excluding carboxylic acids is 2. The number of hydrogen-bond acceptors (Lipinski definition) is 5. The maximum absolute atomic E-state index is 13.0. The molecule has 1 aromatic carbocycles. The molecule has 1 aliphatic carbocycles. The minimum Gasteiger partial charge on any atom is -0.455 e. The second-order valence-electron chi connectivity index (χ2n) is 7.72. The van der Waals surface area contributed by atoms with Gasteiger partial charge in [0, 0.05) is 35.6 Å². The standard InChI is InChI=1S/C24H24N4O3/c1-14-9-10-15(2)19(12-14)26-24(30)22-16(3)21-18(7-4-8-20(21)31-22)27-28-23(29)17-6-5-11-25-13-17/h5-6,9-13H,4,7-8H2,1-3H3,(H,26,30)(H,28,29)/b27-18+. The Hall–Kier alpha value is -3.74. The van der Waals surface area contributed by atoms with Gasteiger partial charge in [0.15, 0.2) is 5.76 Å². The van der Waals surface area contributed by atoms with Crippen LogP contribution in [-0.4, -0.2) is 22.5 Å². The molecule has 3 aromatic rings. The maximum Gasteiger partial charge on any atom is 0.291 e. The highest BCUT2D eigenvalue weighted by molar-refractivity contribution is 6.09. The highest BCUT2D eigenvalue weighted by Gasteiger charge is 2.28. The molecule has 7 nitrogen and oxygen atoms in total. The molecule has 0 radical (unpaired) electrons. The van der Waals surface area contributed by atoms with Crippen LogP contribution in [0.15, 0.2) is 52.2 Å². The van der Waals surface area contributed by atoms with Gasteiger partial charge in [0.25, 0.3) is 11.8 Å². The third kappa shape index (κ3) is 4.26. The number of rotatable bonds is 4. The van der Waals surface area contributed by atoms with Crippen molar-refractivity contribution in [3.63, 3.8) is 0 Å². The van der Waals surface area contributed by atoms with Gasteiger partial charge in [-0.2, -0.15) is 5.10 Å². The Morgan fingerprint density at radius 1 is 1.10 bits per heavy atom. The van der Waals surface area contributed by atoms with Gasteiger partial charge in [-0.15, -0.1) is 0 Å². The van der Waals surface area contributed by atoms with E-state index >= 15 is 0 Å². The van der Waals surface area contributed by atoms with Crippen molar-refractivity contribution in [3.8, 4) is 0 Å². The molecule has 0 bridgehead atoms. The number of fused-ring (bicyclic) bond motifs is 1. The molecule has 2 heterocycles. The molecule has 0 saturated heterocycles. The summed E-state index contributed by atoms with van der Waals surface area (Å²) in [5.41, 5.74) is 8.08. The quantitative estimate of drug-likeness (QED) is 0.619. The molecule has 7 heteroatoms. The lowest BCUT2D eigenvalue weighted by molar-refractivity contribution is 0.0953. The number of carbonyl (C=O) groups is 2. The van der Waals surface area contributed by atoms with Crippen molar-refractivity contribution in [2.24, 2.45) is 5.10 Å². The highest BCUT2D eigenvalue weighted by Crippen LogP contribution is 2.30. The van der Waals surface area contributed by atoms with Crippen molar-refractivity contribution in [2.45, 2.75) is 40.0 Å². The number of nitrogens with zero attached hydrogens (tertiary/aromatic N) is 2. The van der Waals surface area contributed by atoms with E-state index in [0.717, 1.165) is 46.5 Å². The molecule has 2 aromatic heterocycles. The third-order valence-electron chi connectivity index (χ3n) is 5.39. The van der Waals surface area contributed by atoms with Crippen molar-refractivity contribution in [2.75, 3.05) is 5.32 Å². The summed E-state index contributed by atoms with van der Waals surface area (Å²) in [5.74, 6) is 0.379. The van der Waals surface area contributed by atoms with Crippen LogP contribution in [0.3, 0.4) is 0 Å². The molecule has 0 spiro atoms. The molecule has 2 amide bonds. The zero-order chi connectivity index (χ0) is 22.0. The highest BCUT2D eigenvalue weighted by atomic mass is 16.4. The van der Waals surface area contributed by atoms with E-state index in [1.807, 2.05) is 39.0 Å². The fraction of sp³-hybridized carbons (Fsp3) is 0.250. The van der Waals surface area contributed by atoms with E-state index in [1.54, 1.807) is 18.3 Å². The summed E-state index contributed by atoms with van der Waals surface area (Å²) < 4.78 is 5.95. The van der Waals surface area contributed by atoms with E-state index in [2.05, 4.69) is 20.8 Å². The van der Waals surface area contributed by atoms with Gasteiger partial charge < -0.3 is 9.73 Å². The van der Waals surface area contributed by atoms with E-state index in [-0.39, 0.29) is 17.6 Å². The topological polar surface area (TPSA) is 96.6 Å². The average molecular weight is 416 g/mol. The Balaban J connectivity index is 1.59. The van der Waals surface area contributed by atoms with Crippen molar-refractivity contribution in [3.05, 3.63) is 82.1 Å². The molecule has 0 aliphatic heterocycles. The molecule has 158 valence electrons. The normalized spacial score (nSPS) is 14.2. The van der Waals surface area contributed by atoms with Gasteiger partial charge in [0.2, 0.25) is 0 Å². The fourth-order valence-corrected chi connectivity index (χ4v) is 3.73. The number of hydrazone groups is 1. The van der Waals surface area contributed by atoms with E-state index < -0.39 is 0 Å². The SMILES string of the molecule is Cc1ccc(C)c(NC(=O)c2oc3c(c2C)/C(=N/NC(=O)c2cccnc2)CCC3)c1. The van der Waals surface area contributed by atoms with Gasteiger partial charge in [-0.25, -0.2) is 5.43 Å². The number of nitrogens with one attached hydrogen (secondary N) is 2. The summed E-state index contributed by atoms with van der Waals surface area (Å²) in [6.45, 7) is 5.78. The van der Waals surface area contributed by atoms with Gasteiger partial charge in [0.1, 0.15) is 5.76 Å². The first-order valence-electron chi connectivity index (χ1n) is 10.2. The molecule has 0 unspecified atom stereocenters. The van der Waals surface area contributed by atoms with Crippen molar-refractivity contribution < 1.29 is 14.0 Å². The minimum atomic E-state index is -0.332. The number of hydrogen-bond donors (Lipinski definition) is 2. The smallest absolute Gasteiger partial charge is 0.291 e. The lowest BCUT2D eigenvalue weighted by Gasteiger charge is -2.13. The summed E-state index contributed by atoms with van der Waals surface area (Å²) in [5, 5.41) is 7.30. The zero-order valence-electron chi connectivity index (χ0n) is 17.8. The monoisotopic (exact) mass is 416 g/mol. The number of benzene rings is 1. The third-order valence-corrected chi connectivity index (χ3v) is 5.39. The largest absolute Gasteiger partial charge is 0.455 e. The molecule has 2 N–H and O–H groups in total. The summed E-state index contributed by atoms with van der Waals surface area (Å²) >= 11 is 0. The van der Waals surface area contributed by atoms with Crippen LogP contribution in [-0.2, 0) is 6.42 Å². The van der Waals surface area contributed by atoms with Crippen LogP contribution < -0.4 is 10.7 Å².